The third-order valence-electron chi connectivity index (χ3n) is 4.16. The van der Waals surface area contributed by atoms with Crippen molar-refractivity contribution in [3.63, 3.8) is 0 Å². The van der Waals surface area contributed by atoms with Gasteiger partial charge in [-0.25, -0.2) is 8.42 Å². The summed E-state index contributed by atoms with van der Waals surface area (Å²) in [7, 11) is -0.211. The Morgan fingerprint density at radius 3 is 2.42 bits per heavy atom. The molecule has 1 aromatic heterocycles. The van der Waals surface area contributed by atoms with Gasteiger partial charge >= 0.3 is 0 Å². The van der Waals surface area contributed by atoms with Gasteiger partial charge in [0.05, 0.1) is 4.90 Å². The molecule has 26 heavy (non-hydrogen) atoms. The van der Waals surface area contributed by atoms with Gasteiger partial charge in [0.15, 0.2) is 0 Å². The lowest BCUT2D eigenvalue weighted by Gasteiger charge is -2.12. The van der Waals surface area contributed by atoms with E-state index in [1.54, 1.807) is 50.5 Å². The highest BCUT2D eigenvalue weighted by Gasteiger charge is 2.15. The molecule has 1 amide bonds. The van der Waals surface area contributed by atoms with E-state index in [9.17, 15) is 13.2 Å². The maximum absolute atomic E-state index is 12.5. The number of benzene rings is 2. The van der Waals surface area contributed by atoms with Gasteiger partial charge < -0.3 is 9.47 Å². The van der Waals surface area contributed by atoms with Gasteiger partial charge in [0, 0.05) is 36.9 Å². The number of carbonyl (C=O) groups is 1. The second kappa shape index (κ2) is 6.84. The fourth-order valence-corrected chi connectivity index (χ4v) is 3.67. The van der Waals surface area contributed by atoms with Crippen LogP contribution in [0.4, 0.5) is 5.69 Å². The molecule has 0 aliphatic rings. The van der Waals surface area contributed by atoms with Gasteiger partial charge in [0.1, 0.15) is 6.54 Å². The van der Waals surface area contributed by atoms with Crippen LogP contribution >= 0.6 is 0 Å². The normalized spacial score (nSPS) is 11.5. The Labute approximate surface area is 153 Å². The number of aryl methyl sites for hydroxylation is 1. The van der Waals surface area contributed by atoms with Crippen LogP contribution in [0.1, 0.15) is 5.56 Å². The molecule has 0 aliphatic carbocycles. The summed E-state index contributed by atoms with van der Waals surface area (Å²) in [6.07, 6.45) is 1.82. The molecule has 0 unspecified atom stereocenters. The van der Waals surface area contributed by atoms with Crippen LogP contribution in [0.5, 0.6) is 0 Å². The van der Waals surface area contributed by atoms with Crippen LogP contribution in [0, 0.1) is 6.92 Å². The van der Waals surface area contributed by atoms with Gasteiger partial charge in [-0.1, -0.05) is 17.7 Å². The third-order valence-corrected chi connectivity index (χ3v) is 5.56. The van der Waals surface area contributed by atoms with E-state index < -0.39 is 10.0 Å². The minimum absolute atomic E-state index is 0.00773. The zero-order chi connectivity index (χ0) is 18.9. The summed E-state index contributed by atoms with van der Waals surface area (Å²) in [6, 6.07) is 13.8. The summed E-state index contributed by atoms with van der Waals surface area (Å²) in [5.41, 5.74) is 2.35. The molecule has 2 aromatic carbocycles. The SMILES string of the molecule is Cc1ccc(S(=O)(=O)Nc2ccc3c(ccn3CC(=O)N(C)C)c2)cc1. The Morgan fingerprint density at radius 2 is 1.77 bits per heavy atom. The predicted octanol–water partition coefficient (Wildman–Crippen LogP) is 2.84. The van der Waals surface area contributed by atoms with Gasteiger partial charge in [-0.2, -0.15) is 0 Å². The maximum Gasteiger partial charge on any atom is 0.261 e. The molecule has 3 aromatic rings. The number of sulfonamides is 1. The Kier molecular flexibility index (Phi) is 4.73. The molecule has 0 radical (unpaired) electrons. The first-order chi connectivity index (χ1) is 12.3. The van der Waals surface area contributed by atoms with E-state index in [1.165, 1.54) is 4.90 Å². The van der Waals surface area contributed by atoms with Gasteiger partial charge in [-0.05, 0) is 43.3 Å². The summed E-state index contributed by atoms with van der Waals surface area (Å²) in [4.78, 5) is 13.7. The van der Waals surface area contributed by atoms with Crippen LogP contribution in [0.2, 0.25) is 0 Å². The van der Waals surface area contributed by atoms with Crippen molar-refractivity contribution >= 4 is 32.5 Å². The van der Waals surface area contributed by atoms with E-state index in [0.29, 0.717) is 5.69 Å². The van der Waals surface area contributed by atoms with Crippen molar-refractivity contribution in [3.05, 3.63) is 60.3 Å². The quantitative estimate of drug-likeness (QED) is 0.750. The number of fused-ring (bicyclic) bond motifs is 1. The number of anilines is 1. The predicted molar refractivity (Wildman–Crippen MR) is 103 cm³/mol. The van der Waals surface area contributed by atoms with Gasteiger partial charge in [-0.15, -0.1) is 0 Å². The molecular weight excluding hydrogens is 350 g/mol. The van der Waals surface area contributed by atoms with Crippen LogP contribution in [0.25, 0.3) is 10.9 Å². The molecule has 136 valence electrons. The van der Waals surface area contributed by atoms with Crippen LogP contribution in [0.3, 0.4) is 0 Å². The minimum Gasteiger partial charge on any atom is -0.347 e. The maximum atomic E-state index is 12.5. The zero-order valence-electron chi connectivity index (χ0n) is 14.9. The standard InChI is InChI=1S/C19H21N3O3S/c1-14-4-7-17(8-5-14)26(24,25)20-16-6-9-18-15(12-16)10-11-22(18)13-19(23)21(2)3/h4-12,20H,13H2,1-3H3. The smallest absolute Gasteiger partial charge is 0.261 e. The number of nitrogens with one attached hydrogen (secondary N) is 1. The highest BCUT2D eigenvalue weighted by atomic mass is 32.2. The fraction of sp³-hybridized carbons (Fsp3) is 0.211. The van der Waals surface area contributed by atoms with Crippen molar-refractivity contribution in [3.8, 4) is 0 Å². The molecule has 1 N–H and O–H groups in total. The van der Waals surface area contributed by atoms with E-state index in [1.807, 2.05) is 29.8 Å². The van der Waals surface area contributed by atoms with Crippen molar-refractivity contribution in [2.75, 3.05) is 18.8 Å². The minimum atomic E-state index is -3.64. The Bertz CT molecular complexity index is 1050. The van der Waals surface area contributed by atoms with Crippen LogP contribution < -0.4 is 4.72 Å². The molecule has 0 spiro atoms. The summed E-state index contributed by atoms with van der Waals surface area (Å²) < 4.78 is 29.5. The molecule has 1 heterocycles. The Morgan fingerprint density at radius 1 is 1.08 bits per heavy atom. The summed E-state index contributed by atoms with van der Waals surface area (Å²) in [5, 5.41) is 0.862. The van der Waals surface area contributed by atoms with Crippen molar-refractivity contribution in [2.24, 2.45) is 0 Å². The van der Waals surface area contributed by atoms with Gasteiger partial charge in [0.25, 0.3) is 10.0 Å². The number of carbonyl (C=O) groups excluding carboxylic acids is 1. The molecule has 0 aliphatic heterocycles. The number of nitrogens with zero attached hydrogens (tertiary/aromatic N) is 2. The number of hydrogen-bond acceptors (Lipinski definition) is 3. The molecule has 3 rings (SSSR count). The highest BCUT2D eigenvalue weighted by Crippen LogP contribution is 2.23. The molecule has 0 atom stereocenters. The number of amides is 1. The number of hydrogen-bond donors (Lipinski definition) is 1. The fourth-order valence-electron chi connectivity index (χ4n) is 2.62. The van der Waals surface area contributed by atoms with Crippen LogP contribution in [0.15, 0.2) is 59.6 Å². The van der Waals surface area contributed by atoms with Gasteiger partial charge in [-0.3, -0.25) is 9.52 Å². The third kappa shape index (κ3) is 3.72. The average Bonchev–Trinajstić information content (AvgIpc) is 2.97. The molecule has 7 heteroatoms. The topological polar surface area (TPSA) is 71.4 Å². The molecule has 0 saturated heterocycles. The van der Waals surface area contributed by atoms with Crippen molar-refractivity contribution in [2.45, 2.75) is 18.4 Å². The van der Waals surface area contributed by atoms with Crippen LogP contribution in [-0.2, 0) is 21.4 Å². The lowest BCUT2D eigenvalue weighted by atomic mass is 10.2. The van der Waals surface area contributed by atoms with Gasteiger partial charge in [0.2, 0.25) is 5.91 Å². The first kappa shape index (κ1) is 18.0. The lowest BCUT2D eigenvalue weighted by molar-refractivity contribution is -0.129. The Hall–Kier alpha value is -2.80. The largest absolute Gasteiger partial charge is 0.347 e. The Balaban J connectivity index is 1.86. The molecule has 6 nitrogen and oxygen atoms in total. The van der Waals surface area contributed by atoms with E-state index in [4.69, 9.17) is 0 Å². The average molecular weight is 371 g/mol. The van der Waals surface area contributed by atoms with Crippen LogP contribution in [-0.4, -0.2) is 37.9 Å². The molecular formula is C19H21N3O3S. The second-order valence-electron chi connectivity index (χ2n) is 6.42. The van der Waals surface area contributed by atoms with Crippen molar-refractivity contribution < 1.29 is 13.2 Å². The molecule has 0 bridgehead atoms. The summed E-state index contributed by atoms with van der Waals surface area (Å²) >= 11 is 0. The molecule has 0 saturated carbocycles. The van der Waals surface area contributed by atoms with E-state index in [0.717, 1.165) is 16.5 Å². The second-order valence-corrected chi connectivity index (χ2v) is 8.11. The van der Waals surface area contributed by atoms with E-state index >= 15 is 0 Å². The monoisotopic (exact) mass is 371 g/mol. The van der Waals surface area contributed by atoms with E-state index in [2.05, 4.69) is 4.72 Å². The molecule has 0 fully saturated rings. The summed E-state index contributed by atoms with van der Waals surface area (Å²) in [6.45, 7) is 2.15. The van der Waals surface area contributed by atoms with E-state index in [-0.39, 0.29) is 17.3 Å². The number of likely N-dealkylation sites (N-methyl/N-ethyl adjacent to an activating group) is 1. The number of rotatable bonds is 5. The van der Waals surface area contributed by atoms with Crippen molar-refractivity contribution in [1.29, 1.82) is 0 Å². The van der Waals surface area contributed by atoms with Crippen molar-refractivity contribution in [1.82, 2.24) is 9.47 Å². The first-order valence-corrected chi connectivity index (χ1v) is 9.63. The zero-order valence-corrected chi connectivity index (χ0v) is 15.7. The number of aromatic nitrogens is 1. The highest BCUT2D eigenvalue weighted by molar-refractivity contribution is 7.92. The first-order valence-electron chi connectivity index (χ1n) is 8.15. The summed E-state index contributed by atoms with van der Waals surface area (Å²) in [5.74, 6) is -0.00773. The lowest BCUT2D eigenvalue weighted by Crippen LogP contribution is -2.25.